The van der Waals surface area contributed by atoms with E-state index in [9.17, 15) is 13.6 Å². The van der Waals surface area contributed by atoms with E-state index in [1.807, 2.05) is 0 Å². The summed E-state index contributed by atoms with van der Waals surface area (Å²) in [4.78, 5) is 14.3. The Morgan fingerprint density at radius 2 is 2.15 bits per heavy atom. The number of nitrogens with two attached hydrogens (primary N) is 1. The van der Waals surface area contributed by atoms with Crippen LogP contribution in [0, 0.1) is 0 Å². The van der Waals surface area contributed by atoms with E-state index >= 15 is 0 Å². The smallest absolute Gasteiger partial charge is 0.266 e. The van der Waals surface area contributed by atoms with E-state index in [0.29, 0.717) is 0 Å². The van der Waals surface area contributed by atoms with Crippen LogP contribution in [-0.2, 0) is 0 Å². The number of primary amides is 1. The first kappa shape index (κ1) is 10.0. The highest BCUT2D eigenvalue weighted by atomic mass is 79.9. The number of halogens is 3. The fraction of sp³-hybridized carbons (Fsp3) is 0.143. The highest BCUT2D eigenvalue weighted by Gasteiger charge is 2.19. The molecule has 0 spiro atoms. The van der Waals surface area contributed by atoms with Crippen molar-refractivity contribution in [3.8, 4) is 0 Å². The number of alkyl halides is 2. The fourth-order valence-corrected chi connectivity index (χ4v) is 1.42. The summed E-state index contributed by atoms with van der Waals surface area (Å²) in [7, 11) is 0. The Balaban J connectivity index is 3.34. The Morgan fingerprint density at radius 3 is 2.54 bits per heavy atom. The molecule has 0 fully saturated rings. The van der Waals surface area contributed by atoms with Crippen LogP contribution in [0.1, 0.15) is 22.3 Å². The molecule has 1 rings (SSSR count). The van der Waals surface area contributed by atoms with Crippen LogP contribution in [0.25, 0.3) is 0 Å². The summed E-state index contributed by atoms with van der Waals surface area (Å²) >= 11 is 2.92. The number of hydrogen-bond acceptors (Lipinski definition) is 2. The van der Waals surface area contributed by atoms with Gasteiger partial charge in [-0.25, -0.2) is 8.78 Å². The molecule has 0 aliphatic carbocycles. The molecule has 6 heteroatoms. The van der Waals surface area contributed by atoms with Crippen molar-refractivity contribution < 1.29 is 13.6 Å². The Labute approximate surface area is 81.1 Å². The molecule has 0 unspecified atom stereocenters. The van der Waals surface area contributed by atoms with Crippen LogP contribution in [0.2, 0.25) is 0 Å². The van der Waals surface area contributed by atoms with Gasteiger partial charge >= 0.3 is 0 Å². The van der Waals surface area contributed by atoms with Crippen LogP contribution in [0.15, 0.2) is 16.9 Å². The zero-order valence-electron chi connectivity index (χ0n) is 6.30. The minimum Gasteiger partial charge on any atom is -0.366 e. The molecule has 1 aromatic rings. The summed E-state index contributed by atoms with van der Waals surface area (Å²) < 4.78 is 24.8. The molecular weight excluding hydrogens is 246 g/mol. The highest BCUT2D eigenvalue weighted by molar-refractivity contribution is 9.10. The predicted molar refractivity (Wildman–Crippen MR) is 45.4 cm³/mol. The number of carbonyl (C=O) groups is 1. The summed E-state index contributed by atoms with van der Waals surface area (Å²) in [6, 6.07) is 0. The Kier molecular flexibility index (Phi) is 2.92. The van der Waals surface area contributed by atoms with Crippen molar-refractivity contribution in [3.63, 3.8) is 0 Å². The van der Waals surface area contributed by atoms with Crippen molar-refractivity contribution >= 4 is 21.8 Å². The van der Waals surface area contributed by atoms with Gasteiger partial charge in [-0.3, -0.25) is 9.78 Å². The number of rotatable bonds is 2. The van der Waals surface area contributed by atoms with E-state index in [2.05, 4.69) is 20.9 Å². The molecule has 70 valence electrons. The number of aromatic nitrogens is 1. The Hall–Kier alpha value is -1.04. The van der Waals surface area contributed by atoms with Gasteiger partial charge in [0.15, 0.2) is 0 Å². The predicted octanol–water partition coefficient (Wildman–Crippen LogP) is 1.88. The number of amides is 1. The summed E-state index contributed by atoms with van der Waals surface area (Å²) in [5, 5.41) is 0. The van der Waals surface area contributed by atoms with E-state index < -0.39 is 17.9 Å². The molecule has 0 aliphatic heterocycles. The van der Waals surface area contributed by atoms with Crippen LogP contribution >= 0.6 is 15.9 Å². The van der Waals surface area contributed by atoms with Crippen molar-refractivity contribution in [3.05, 3.63) is 28.0 Å². The average Bonchev–Trinajstić information content (AvgIpc) is 2.02. The topological polar surface area (TPSA) is 56.0 Å². The monoisotopic (exact) mass is 250 g/mol. The van der Waals surface area contributed by atoms with Crippen molar-refractivity contribution in [1.29, 1.82) is 0 Å². The largest absolute Gasteiger partial charge is 0.366 e. The molecule has 0 aliphatic rings. The summed E-state index contributed by atoms with van der Waals surface area (Å²) in [5.41, 5.74) is 4.25. The standard InChI is InChI=1S/C7H5BrF2N2O/c8-4-2-12-1-3(6(9)10)5(4)7(11)13/h1-2,6H,(H2,11,13). The maximum Gasteiger partial charge on any atom is 0.266 e. The van der Waals surface area contributed by atoms with Gasteiger partial charge in [-0.2, -0.15) is 0 Å². The first-order chi connectivity index (χ1) is 6.04. The average molecular weight is 251 g/mol. The number of hydrogen-bond donors (Lipinski definition) is 1. The first-order valence-corrected chi connectivity index (χ1v) is 4.04. The molecule has 0 radical (unpaired) electrons. The van der Waals surface area contributed by atoms with Crippen LogP contribution in [-0.4, -0.2) is 10.9 Å². The first-order valence-electron chi connectivity index (χ1n) is 3.25. The third-order valence-corrected chi connectivity index (χ3v) is 2.01. The maximum absolute atomic E-state index is 12.3. The molecule has 2 N–H and O–H groups in total. The lowest BCUT2D eigenvalue weighted by atomic mass is 10.1. The van der Waals surface area contributed by atoms with Crippen molar-refractivity contribution in [1.82, 2.24) is 4.98 Å². The van der Waals surface area contributed by atoms with Crippen molar-refractivity contribution in [2.24, 2.45) is 5.73 Å². The zero-order valence-corrected chi connectivity index (χ0v) is 7.88. The van der Waals surface area contributed by atoms with Gasteiger partial charge in [0.25, 0.3) is 6.43 Å². The SMILES string of the molecule is NC(=O)c1c(Br)cncc1C(F)F. The van der Waals surface area contributed by atoms with Gasteiger partial charge in [0.05, 0.1) is 5.56 Å². The van der Waals surface area contributed by atoms with Crippen LogP contribution in [0.4, 0.5) is 8.78 Å². The number of pyridine rings is 1. The van der Waals surface area contributed by atoms with E-state index in [0.717, 1.165) is 6.20 Å². The molecule has 3 nitrogen and oxygen atoms in total. The minimum absolute atomic E-state index is 0.179. The normalized spacial score (nSPS) is 10.5. The Morgan fingerprint density at radius 1 is 1.54 bits per heavy atom. The maximum atomic E-state index is 12.3. The highest BCUT2D eigenvalue weighted by Crippen LogP contribution is 2.26. The second-order valence-corrected chi connectivity index (χ2v) is 3.10. The van der Waals surface area contributed by atoms with E-state index in [-0.39, 0.29) is 10.0 Å². The lowest BCUT2D eigenvalue weighted by Crippen LogP contribution is -2.15. The van der Waals surface area contributed by atoms with Gasteiger partial charge < -0.3 is 5.73 Å². The van der Waals surface area contributed by atoms with Gasteiger partial charge in [0, 0.05) is 22.4 Å². The molecule has 1 amide bonds. The van der Waals surface area contributed by atoms with Crippen molar-refractivity contribution in [2.45, 2.75) is 6.43 Å². The van der Waals surface area contributed by atoms with E-state index in [4.69, 9.17) is 5.73 Å². The third-order valence-electron chi connectivity index (χ3n) is 1.41. The lowest BCUT2D eigenvalue weighted by Gasteiger charge is -2.05. The summed E-state index contributed by atoms with van der Waals surface area (Å²) in [6.45, 7) is 0. The van der Waals surface area contributed by atoms with Crippen LogP contribution in [0.5, 0.6) is 0 Å². The van der Waals surface area contributed by atoms with Gasteiger partial charge in [-0.05, 0) is 15.9 Å². The second kappa shape index (κ2) is 3.78. The van der Waals surface area contributed by atoms with Crippen LogP contribution in [0.3, 0.4) is 0 Å². The molecule has 0 bridgehead atoms. The molecule has 0 saturated heterocycles. The second-order valence-electron chi connectivity index (χ2n) is 2.25. The molecular formula is C7H5BrF2N2O. The van der Waals surface area contributed by atoms with Gasteiger partial charge in [-0.1, -0.05) is 0 Å². The van der Waals surface area contributed by atoms with Crippen LogP contribution < -0.4 is 5.73 Å². The molecule has 1 aromatic heterocycles. The lowest BCUT2D eigenvalue weighted by molar-refractivity contribution is 0.0985. The molecule has 0 atom stereocenters. The number of carbonyl (C=O) groups excluding carboxylic acids is 1. The molecule has 0 aromatic carbocycles. The van der Waals surface area contributed by atoms with E-state index in [1.165, 1.54) is 6.20 Å². The van der Waals surface area contributed by atoms with E-state index in [1.54, 1.807) is 0 Å². The third kappa shape index (κ3) is 2.00. The minimum atomic E-state index is -2.76. The van der Waals surface area contributed by atoms with Gasteiger partial charge in [0.1, 0.15) is 0 Å². The number of nitrogens with zero attached hydrogens (tertiary/aromatic N) is 1. The summed E-state index contributed by atoms with van der Waals surface area (Å²) in [5.74, 6) is -0.899. The van der Waals surface area contributed by atoms with Gasteiger partial charge in [-0.15, -0.1) is 0 Å². The molecule has 13 heavy (non-hydrogen) atoms. The zero-order chi connectivity index (χ0) is 10.0. The van der Waals surface area contributed by atoms with Crippen molar-refractivity contribution in [2.75, 3.05) is 0 Å². The fourth-order valence-electron chi connectivity index (χ4n) is 0.875. The quantitative estimate of drug-likeness (QED) is 0.872. The summed E-state index contributed by atoms with van der Waals surface area (Å²) in [6.07, 6.45) is -0.589. The van der Waals surface area contributed by atoms with Gasteiger partial charge in [0.2, 0.25) is 5.91 Å². The Bertz CT molecular complexity index is 343. The molecule has 0 saturated carbocycles. The molecule has 1 heterocycles.